The largest absolute Gasteiger partial charge is 0.494 e. The number of anilines is 2. The number of carbonyl (C=O) groups excluding carboxylic acids is 1. The Labute approximate surface area is 178 Å². The Morgan fingerprint density at radius 2 is 2.00 bits per heavy atom. The molecule has 1 unspecified atom stereocenters. The molecule has 1 heterocycles. The molecule has 6 heteroatoms. The molecular formula is C24H32N4O2. The van der Waals surface area contributed by atoms with Crippen LogP contribution in [-0.2, 0) is 0 Å². The van der Waals surface area contributed by atoms with Gasteiger partial charge in [0.05, 0.1) is 23.7 Å². The molecule has 1 atom stereocenters. The average molecular weight is 409 g/mol. The van der Waals surface area contributed by atoms with Gasteiger partial charge in [0.25, 0.3) is 5.91 Å². The summed E-state index contributed by atoms with van der Waals surface area (Å²) in [7, 11) is 0. The standard InChI is InChI=1S/C24H32N4O2/c1-3-4-5-6-15-30-20-10-7-18(8-11-20)24(29)27-22-12-9-19(16-21(22)25)23-17(2)13-14-26-28-23/h7-12,16-17,26H,3-6,13-15,25H2,1-2H3,(H,27,29). The van der Waals surface area contributed by atoms with Gasteiger partial charge in [-0.2, -0.15) is 5.10 Å². The molecule has 160 valence electrons. The smallest absolute Gasteiger partial charge is 0.255 e. The van der Waals surface area contributed by atoms with Crippen molar-refractivity contribution >= 4 is 23.0 Å². The van der Waals surface area contributed by atoms with Gasteiger partial charge in [-0.15, -0.1) is 0 Å². The Morgan fingerprint density at radius 1 is 1.20 bits per heavy atom. The van der Waals surface area contributed by atoms with Crippen LogP contribution in [0.3, 0.4) is 0 Å². The lowest BCUT2D eigenvalue weighted by Crippen LogP contribution is -2.27. The van der Waals surface area contributed by atoms with Crippen LogP contribution in [0.15, 0.2) is 47.6 Å². The number of hydrogen-bond donors (Lipinski definition) is 3. The van der Waals surface area contributed by atoms with Crippen molar-refractivity contribution in [1.82, 2.24) is 5.43 Å². The first-order chi connectivity index (χ1) is 14.6. The van der Waals surface area contributed by atoms with Crippen molar-refractivity contribution in [3.63, 3.8) is 0 Å². The van der Waals surface area contributed by atoms with Gasteiger partial charge in [0.2, 0.25) is 0 Å². The molecule has 2 aromatic carbocycles. The lowest BCUT2D eigenvalue weighted by Gasteiger charge is -2.21. The van der Waals surface area contributed by atoms with E-state index in [-0.39, 0.29) is 5.91 Å². The summed E-state index contributed by atoms with van der Waals surface area (Å²) in [5, 5.41) is 7.31. The number of benzene rings is 2. The van der Waals surface area contributed by atoms with E-state index in [1.165, 1.54) is 19.3 Å². The first kappa shape index (κ1) is 21.7. The summed E-state index contributed by atoms with van der Waals surface area (Å²) >= 11 is 0. The van der Waals surface area contributed by atoms with Crippen LogP contribution in [0.4, 0.5) is 11.4 Å². The van der Waals surface area contributed by atoms with Crippen molar-refractivity contribution in [3.05, 3.63) is 53.6 Å². The van der Waals surface area contributed by atoms with Crippen molar-refractivity contribution < 1.29 is 9.53 Å². The van der Waals surface area contributed by atoms with Crippen molar-refractivity contribution in [2.24, 2.45) is 11.0 Å². The van der Waals surface area contributed by atoms with E-state index < -0.39 is 0 Å². The number of carbonyl (C=O) groups is 1. The molecule has 1 aliphatic rings. The van der Waals surface area contributed by atoms with Crippen LogP contribution in [0.2, 0.25) is 0 Å². The van der Waals surface area contributed by atoms with Crippen LogP contribution in [0.1, 0.15) is 61.9 Å². The summed E-state index contributed by atoms with van der Waals surface area (Å²) in [6.45, 7) is 5.94. The van der Waals surface area contributed by atoms with Gasteiger partial charge in [0.1, 0.15) is 5.75 Å². The van der Waals surface area contributed by atoms with Gasteiger partial charge in [-0.1, -0.05) is 39.2 Å². The SMILES string of the molecule is CCCCCCOc1ccc(C(=O)Nc2ccc(C3=NNCCC3C)cc2N)cc1. The molecule has 30 heavy (non-hydrogen) atoms. The van der Waals surface area contributed by atoms with Crippen LogP contribution in [0.25, 0.3) is 0 Å². The van der Waals surface area contributed by atoms with E-state index in [1.54, 1.807) is 12.1 Å². The van der Waals surface area contributed by atoms with Crippen LogP contribution < -0.4 is 21.2 Å². The predicted octanol–water partition coefficient (Wildman–Crippen LogP) is 4.81. The van der Waals surface area contributed by atoms with Crippen LogP contribution in [0, 0.1) is 5.92 Å². The molecule has 0 bridgehead atoms. The van der Waals surface area contributed by atoms with E-state index in [9.17, 15) is 4.79 Å². The van der Waals surface area contributed by atoms with Crippen molar-refractivity contribution in [2.45, 2.75) is 46.0 Å². The minimum atomic E-state index is -0.200. The summed E-state index contributed by atoms with van der Waals surface area (Å²) in [4.78, 5) is 12.6. The van der Waals surface area contributed by atoms with Gasteiger partial charge < -0.3 is 21.2 Å². The molecule has 0 saturated carbocycles. The zero-order valence-electron chi connectivity index (χ0n) is 17.9. The molecule has 0 fully saturated rings. The van der Waals surface area contributed by atoms with Crippen molar-refractivity contribution in [1.29, 1.82) is 0 Å². The zero-order chi connectivity index (χ0) is 21.3. The third kappa shape index (κ3) is 5.75. The molecule has 6 nitrogen and oxygen atoms in total. The van der Waals surface area contributed by atoms with E-state index >= 15 is 0 Å². The normalized spacial score (nSPS) is 15.8. The highest BCUT2D eigenvalue weighted by molar-refractivity contribution is 6.07. The van der Waals surface area contributed by atoms with Crippen LogP contribution in [-0.4, -0.2) is 24.8 Å². The molecule has 0 radical (unpaired) electrons. The maximum absolute atomic E-state index is 12.6. The number of nitrogen functional groups attached to an aromatic ring is 1. The summed E-state index contributed by atoms with van der Waals surface area (Å²) in [5.74, 6) is 0.954. The van der Waals surface area contributed by atoms with Gasteiger partial charge in [-0.25, -0.2) is 0 Å². The number of amides is 1. The summed E-state index contributed by atoms with van der Waals surface area (Å²) in [6.07, 6.45) is 5.71. The van der Waals surface area contributed by atoms with E-state index in [1.807, 2.05) is 30.3 Å². The molecule has 1 amide bonds. The quantitative estimate of drug-likeness (QED) is 0.410. The summed E-state index contributed by atoms with van der Waals surface area (Å²) in [6, 6.07) is 12.8. The van der Waals surface area contributed by atoms with Gasteiger partial charge in [-0.3, -0.25) is 4.79 Å². The number of ether oxygens (including phenoxy) is 1. The Morgan fingerprint density at radius 3 is 2.70 bits per heavy atom. The molecular weight excluding hydrogens is 376 g/mol. The lowest BCUT2D eigenvalue weighted by atomic mass is 9.94. The highest BCUT2D eigenvalue weighted by atomic mass is 16.5. The fraction of sp³-hybridized carbons (Fsp3) is 0.417. The Hall–Kier alpha value is -3.02. The maximum atomic E-state index is 12.6. The fourth-order valence-corrected chi connectivity index (χ4v) is 3.47. The first-order valence-corrected chi connectivity index (χ1v) is 10.8. The number of nitrogens with two attached hydrogens (primary N) is 1. The molecule has 0 spiro atoms. The molecule has 0 saturated heterocycles. The average Bonchev–Trinajstić information content (AvgIpc) is 2.76. The van der Waals surface area contributed by atoms with Crippen molar-refractivity contribution in [2.75, 3.05) is 24.2 Å². The molecule has 1 aliphatic heterocycles. The van der Waals surface area contributed by atoms with E-state index in [0.29, 0.717) is 29.5 Å². The van der Waals surface area contributed by atoms with Gasteiger partial charge in [-0.05, 0) is 49.2 Å². The van der Waals surface area contributed by atoms with E-state index in [2.05, 4.69) is 29.7 Å². The van der Waals surface area contributed by atoms with Crippen LogP contribution in [0.5, 0.6) is 5.75 Å². The third-order valence-electron chi connectivity index (χ3n) is 5.33. The monoisotopic (exact) mass is 408 g/mol. The van der Waals surface area contributed by atoms with E-state index in [4.69, 9.17) is 10.5 Å². The fourth-order valence-electron chi connectivity index (χ4n) is 3.47. The van der Waals surface area contributed by atoms with Crippen LogP contribution >= 0.6 is 0 Å². The summed E-state index contributed by atoms with van der Waals surface area (Å²) < 4.78 is 5.74. The van der Waals surface area contributed by atoms with Gasteiger partial charge in [0, 0.05) is 23.6 Å². The second kappa shape index (κ2) is 10.7. The zero-order valence-corrected chi connectivity index (χ0v) is 17.9. The number of nitrogens with zero attached hydrogens (tertiary/aromatic N) is 1. The molecule has 3 rings (SSSR count). The summed E-state index contributed by atoms with van der Waals surface area (Å²) in [5.41, 5.74) is 12.9. The van der Waals surface area contributed by atoms with E-state index in [0.717, 1.165) is 36.4 Å². The minimum absolute atomic E-state index is 0.200. The predicted molar refractivity (Wildman–Crippen MR) is 123 cm³/mol. The number of rotatable bonds is 9. The molecule has 0 aromatic heterocycles. The second-order valence-corrected chi connectivity index (χ2v) is 7.78. The minimum Gasteiger partial charge on any atom is -0.494 e. The maximum Gasteiger partial charge on any atom is 0.255 e. The number of hydrogen-bond acceptors (Lipinski definition) is 5. The Balaban J connectivity index is 1.58. The van der Waals surface area contributed by atoms with Gasteiger partial charge >= 0.3 is 0 Å². The third-order valence-corrected chi connectivity index (χ3v) is 5.33. The first-order valence-electron chi connectivity index (χ1n) is 10.8. The van der Waals surface area contributed by atoms with Gasteiger partial charge in [0.15, 0.2) is 0 Å². The molecule has 4 N–H and O–H groups in total. The number of unbranched alkanes of at least 4 members (excludes halogenated alkanes) is 3. The topological polar surface area (TPSA) is 88.7 Å². The Bertz CT molecular complexity index is 877. The lowest BCUT2D eigenvalue weighted by molar-refractivity contribution is 0.102. The molecule has 2 aromatic rings. The number of hydrazone groups is 1. The second-order valence-electron chi connectivity index (χ2n) is 7.78. The highest BCUT2D eigenvalue weighted by Crippen LogP contribution is 2.24. The highest BCUT2D eigenvalue weighted by Gasteiger charge is 2.18. The molecule has 0 aliphatic carbocycles. The number of nitrogens with one attached hydrogen (secondary N) is 2. The van der Waals surface area contributed by atoms with Crippen molar-refractivity contribution in [3.8, 4) is 5.75 Å². The Kier molecular flexibility index (Phi) is 7.71.